The summed E-state index contributed by atoms with van der Waals surface area (Å²) in [4.78, 5) is 0.411. The molecule has 0 heterocycles. The Kier molecular flexibility index (Phi) is 6.17. The van der Waals surface area contributed by atoms with E-state index in [-0.39, 0.29) is 6.04 Å². The van der Waals surface area contributed by atoms with Crippen LogP contribution >= 0.6 is 0 Å². The third-order valence-corrected chi connectivity index (χ3v) is 5.36. The van der Waals surface area contributed by atoms with Crippen molar-refractivity contribution in [2.24, 2.45) is 5.92 Å². The summed E-state index contributed by atoms with van der Waals surface area (Å²) in [5, 5.41) is 3.43. The molecule has 1 atom stereocenters. The normalized spacial score (nSPS) is 13.9. The molecule has 1 aromatic rings. The zero-order chi connectivity index (χ0) is 15.3. The first kappa shape index (κ1) is 17.1. The summed E-state index contributed by atoms with van der Waals surface area (Å²) in [6.07, 6.45) is 0.717. The molecule has 5 heteroatoms. The first-order valence-electron chi connectivity index (χ1n) is 7.04. The van der Waals surface area contributed by atoms with Gasteiger partial charge < -0.3 is 5.32 Å². The molecule has 0 bridgehead atoms. The van der Waals surface area contributed by atoms with Crippen molar-refractivity contribution in [3.8, 4) is 0 Å². The second kappa shape index (κ2) is 7.20. The number of sulfonamides is 1. The summed E-state index contributed by atoms with van der Waals surface area (Å²) in [7, 11) is -0.257. The highest BCUT2D eigenvalue weighted by atomic mass is 32.2. The number of rotatable bonds is 7. The Hall–Kier alpha value is -0.910. The van der Waals surface area contributed by atoms with Gasteiger partial charge >= 0.3 is 0 Å². The summed E-state index contributed by atoms with van der Waals surface area (Å²) in [5.41, 5.74) is 0.876. The van der Waals surface area contributed by atoms with Gasteiger partial charge in [0.05, 0.1) is 4.90 Å². The maximum Gasteiger partial charge on any atom is 0.242 e. The molecular weight excluding hydrogens is 272 g/mol. The lowest BCUT2D eigenvalue weighted by atomic mass is 9.96. The van der Waals surface area contributed by atoms with Gasteiger partial charge in [-0.15, -0.1) is 0 Å². The van der Waals surface area contributed by atoms with Crippen molar-refractivity contribution >= 4 is 10.0 Å². The van der Waals surface area contributed by atoms with Crippen molar-refractivity contribution < 1.29 is 8.42 Å². The standard InChI is InChI=1S/C15H26N2O2S/c1-6-16-14(12(2)3)11-13-9-7-8-10-15(13)20(18,19)17(4)5/h7-10,12,14,16H,6,11H2,1-5H3. The van der Waals surface area contributed by atoms with Crippen molar-refractivity contribution in [2.75, 3.05) is 20.6 Å². The van der Waals surface area contributed by atoms with Gasteiger partial charge in [-0.25, -0.2) is 12.7 Å². The van der Waals surface area contributed by atoms with Crippen LogP contribution in [0, 0.1) is 5.92 Å². The van der Waals surface area contributed by atoms with Crippen LogP contribution in [0.2, 0.25) is 0 Å². The topological polar surface area (TPSA) is 49.4 Å². The molecule has 20 heavy (non-hydrogen) atoms. The van der Waals surface area contributed by atoms with E-state index in [4.69, 9.17) is 0 Å². The first-order valence-corrected chi connectivity index (χ1v) is 8.48. The minimum absolute atomic E-state index is 0.276. The monoisotopic (exact) mass is 298 g/mol. The average molecular weight is 298 g/mol. The lowest BCUT2D eigenvalue weighted by Gasteiger charge is -2.23. The molecule has 0 fully saturated rings. The molecule has 1 unspecified atom stereocenters. The number of nitrogens with zero attached hydrogens (tertiary/aromatic N) is 1. The van der Waals surface area contributed by atoms with Gasteiger partial charge in [0.25, 0.3) is 0 Å². The highest BCUT2D eigenvalue weighted by molar-refractivity contribution is 7.89. The van der Waals surface area contributed by atoms with E-state index in [0.29, 0.717) is 10.8 Å². The van der Waals surface area contributed by atoms with Crippen LogP contribution in [0.15, 0.2) is 29.2 Å². The molecule has 1 aromatic carbocycles. The van der Waals surface area contributed by atoms with Crippen LogP contribution in [0.4, 0.5) is 0 Å². The quantitative estimate of drug-likeness (QED) is 0.839. The smallest absolute Gasteiger partial charge is 0.242 e. The fourth-order valence-electron chi connectivity index (χ4n) is 2.16. The van der Waals surface area contributed by atoms with Crippen LogP contribution in [0.1, 0.15) is 26.3 Å². The summed E-state index contributed by atoms with van der Waals surface area (Å²) < 4.78 is 26.0. The molecule has 0 saturated carbocycles. The Morgan fingerprint density at radius 3 is 2.30 bits per heavy atom. The first-order chi connectivity index (χ1) is 9.30. The average Bonchev–Trinajstić information content (AvgIpc) is 2.38. The molecule has 0 amide bonds. The van der Waals surface area contributed by atoms with Gasteiger partial charge in [-0.05, 0) is 30.5 Å². The number of benzene rings is 1. The molecule has 1 rings (SSSR count). The molecule has 114 valence electrons. The van der Waals surface area contributed by atoms with Gasteiger partial charge in [0, 0.05) is 20.1 Å². The van der Waals surface area contributed by atoms with E-state index in [1.54, 1.807) is 26.2 Å². The van der Waals surface area contributed by atoms with Gasteiger partial charge in [0.1, 0.15) is 0 Å². The molecule has 4 nitrogen and oxygen atoms in total. The van der Waals surface area contributed by atoms with Crippen molar-refractivity contribution in [3.63, 3.8) is 0 Å². The van der Waals surface area contributed by atoms with Crippen LogP contribution in [0.3, 0.4) is 0 Å². The SMILES string of the molecule is CCNC(Cc1ccccc1S(=O)(=O)N(C)C)C(C)C. The van der Waals surface area contributed by atoms with Gasteiger partial charge in [-0.1, -0.05) is 39.0 Å². The van der Waals surface area contributed by atoms with Crippen molar-refractivity contribution in [2.45, 2.75) is 38.1 Å². The lowest BCUT2D eigenvalue weighted by molar-refractivity contribution is 0.403. The van der Waals surface area contributed by atoms with Crippen LogP contribution in [0.25, 0.3) is 0 Å². The molecule has 0 saturated heterocycles. The second-order valence-electron chi connectivity index (χ2n) is 5.51. The minimum atomic E-state index is -3.39. The summed E-state index contributed by atoms with van der Waals surface area (Å²) in [5.74, 6) is 0.449. The summed E-state index contributed by atoms with van der Waals surface area (Å²) in [6, 6.07) is 7.54. The van der Waals surface area contributed by atoms with E-state index in [1.165, 1.54) is 4.31 Å². The molecule has 0 spiro atoms. The minimum Gasteiger partial charge on any atom is -0.314 e. The summed E-state index contributed by atoms with van der Waals surface area (Å²) >= 11 is 0. The van der Waals surface area contributed by atoms with Gasteiger partial charge in [0.15, 0.2) is 0 Å². The van der Waals surface area contributed by atoms with Crippen LogP contribution in [-0.2, 0) is 16.4 Å². The van der Waals surface area contributed by atoms with E-state index in [9.17, 15) is 8.42 Å². The largest absolute Gasteiger partial charge is 0.314 e. The third-order valence-electron chi connectivity index (χ3n) is 3.44. The van der Waals surface area contributed by atoms with E-state index in [1.807, 2.05) is 12.1 Å². The van der Waals surface area contributed by atoms with Crippen molar-refractivity contribution in [3.05, 3.63) is 29.8 Å². The number of nitrogens with one attached hydrogen (secondary N) is 1. The highest BCUT2D eigenvalue weighted by Gasteiger charge is 2.23. The maximum absolute atomic E-state index is 12.4. The van der Waals surface area contributed by atoms with Gasteiger partial charge in [0.2, 0.25) is 10.0 Å². The van der Waals surface area contributed by atoms with E-state index >= 15 is 0 Å². The molecule has 0 aliphatic heterocycles. The molecule has 0 aliphatic carbocycles. The molecule has 0 aromatic heterocycles. The van der Waals surface area contributed by atoms with Gasteiger partial charge in [-0.2, -0.15) is 0 Å². The number of likely N-dealkylation sites (N-methyl/N-ethyl adjacent to an activating group) is 1. The molecule has 0 radical (unpaired) electrons. The predicted molar refractivity (Wildman–Crippen MR) is 83.3 cm³/mol. The Labute approximate surface area is 123 Å². The zero-order valence-corrected chi connectivity index (χ0v) is 13.9. The van der Waals surface area contributed by atoms with E-state index < -0.39 is 10.0 Å². The Balaban J connectivity index is 3.14. The number of hydrogen-bond acceptors (Lipinski definition) is 3. The summed E-state index contributed by atoms with van der Waals surface area (Å²) in [6.45, 7) is 7.25. The Bertz CT molecular complexity index is 524. The van der Waals surface area contributed by atoms with E-state index in [2.05, 4.69) is 26.1 Å². The predicted octanol–water partition coefficient (Wildman–Crippen LogP) is 2.11. The van der Waals surface area contributed by atoms with Crippen LogP contribution in [0.5, 0.6) is 0 Å². The molecule has 0 aliphatic rings. The van der Waals surface area contributed by atoms with Crippen LogP contribution in [-0.4, -0.2) is 39.4 Å². The maximum atomic E-state index is 12.4. The lowest BCUT2D eigenvalue weighted by Crippen LogP contribution is -2.36. The molecular formula is C15H26N2O2S. The highest BCUT2D eigenvalue weighted by Crippen LogP contribution is 2.21. The van der Waals surface area contributed by atoms with Crippen molar-refractivity contribution in [1.82, 2.24) is 9.62 Å². The fourth-order valence-corrected chi connectivity index (χ4v) is 3.29. The van der Waals surface area contributed by atoms with Gasteiger partial charge in [-0.3, -0.25) is 0 Å². The van der Waals surface area contributed by atoms with Crippen LogP contribution < -0.4 is 5.32 Å². The molecule has 1 N–H and O–H groups in total. The third kappa shape index (κ3) is 4.04. The Morgan fingerprint density at radius 1 is 1.20 bits per heavy atom. The zero-order valence-electron chi connectivity index (χ0n) is 13.1. The van der Waals surface area contributed by atoms with Crippen molar-refractivity contribution in [1.29, 1.82) is 0 Å². The second-order valence-corrected chi connectivity index (χ2v) is 7.63. The fraction of sp³-hybridized carbons (Fsp3) is 0.600. The number of hydrogen-bond donors (Lipinski definition) is 1. The Morgan fingerprint density at radius 2 is 1.80 bits per heavy atom. The van der Waals surface area contributed by atoms with E-state index in [0.717, 1.165) is 18.5 Å².